The summed E-state index contributed by atoms with van der Waals surface area (Å²) in [6, 6.07) is 1.96. The van der Waals surface area contributed by atoms with Gasteiger partial charge in [-0.1, -0.05) is 18.2 Å². The van der Waals surface area contributed by atoms with Crippen molar-refractivity contribution in [1.29, 1.82) is 0 Å². The van der Waals surface area contributed by atoms with Crippen LogP contribution in [0.4, 0.5) is 5.82 Å². The molecule has 0 aromatic carbocycles. The Morgan fingerprint density at radius 3 is 3.29 bits per heavy atom. The van der Waals surface area contributed by atoms with Crippen LogP contribution in [-0.2, 0) is 4.74 Å². The van der Waals surface area contributed by atoms with Crippen molar-refractivity contribution in [2.75, 3.05) is 25.6 Å². The molecule has 1 aromatic heterocycles. The summed E-state index contributed by atoms with van der Waals surface area (Å²) >= 11 is 0. The molecule has 0 fully saturated rings. The lowest BCUT2D eigenvalue weighted by atomic mass is 10.3. The highest BCUT2D eigenvalue weighted by atomic mass is 16.5. The van der Waals surface area contributed by atoms with Gasteiger partial charge in [-0.15, -0.1) is 0 Å². The van der Waals surface area contributed by atoms with Crippen molar-refractivity contribution in [3.05, 3.63) is 42.6 Å². The highest BCUT2D eigenvalue weighted by Crippen LogP contribution is 2.12. The Labute approximate surface area is 101 Å². The number of rotatable bonds is 5. The predicted molar refractivity (Wildman–Crippen MR) is 69.8 cm³/mol. The molecule has 0 spiro atoms. The van der Waals surface area contributed by atoms with Crippen LogP contribution in [0, 0.1) is 0 Å². The van der Waals surface area contributed by atoms with E-state index in [-0.39, 0.29) is 0 Å². The fourth-order valence-electron chi connectivity index (χ4n) is 1.56. The minimum atomic E-state index is 0.679. The number of nitrogens with zero attached hydrogens (tertiary/aromatic N) is 2. The maximum absolute atomic E-state index is 4.97. The average molecular weight is 231 g/mol. The van der Waals surface area contributed by atoms with E-state index in [4.69, 9.17) is 4.74 Å². The molecule has 17 heavy (non-hydrogen) atoms. The zero-order chi connectivity index (χ0) is 11.9. The monoisotopic (exact) mass is 231 g/mol. The molecule has 2 rings (SSSR count). The first-order valence-electron chi connectivity index (χ1n) is 5.72. The van der Waals surface area contributed by atoms with Crippen LogP contribution in [0.3, 0.4) is 0 Å². The van der Waals surface area contributed by atoms with E-state index in [1.54, 1.807) is 7.11 Å². The van der Waals surface area contributed by atoms with Crippen molar-refractivity contribution in [1.82, 2.24) is 9.78 Å². The summed E-state index contributed by atoms with van der Waals surface area (Å²) in [7, 11) is 1.69. The van der Waals surface area contributed by atoms with Gasteiger partial charge in [-0.2, -0.15) is 5.10 Å². The molecule has 0 saturated carbocycles. The van der Waals surface area contributed by atoms with Crippen LogP contribution in [0.1, 0.15) is 6.42 Å². The molecule has 1 aromatic rings. The normalized spacial score (nSPS) is 14.5. The molecular weight excluding hydrogens is 214 g/mol. The molecule has 90 valence electrons. The van der Waals surface area contributed by atoms with Gasteiger partial charge in [0, 0.05) is 25.9 Å². The predicted octanol–water partition coefficient (Wildman–Crippen LogP) is 2.30. The third-order valence-electron chi connectivity index (χ3n) is 2.43. The van der Waals surface area contributed by atoms with Crippen LogP contribution >= 0.6 is 0 Å². The molecule has 0 unspecified atom stereocenters. The molecular formula is C13H17N3O. The zero-order valence-electron chi connectivity index (χ0n) is 9.97. The third kappa shape index (κ3) is 3.32. The molecule has 1 aliphatic carbocycles. The molecule has 0 atom stereocenters. The number of nitrogens with one attached hydrogen (secondary N) is 1. The lowest BCUT2D eigenvalue weighted by Crippen LogP contribution is -2.08. The molecule has 0 bridgehead atoms. The first kappa shape index (κ1) is 11.7. The van der Waals surface area contributed by atoms with Crippen molar-refractivity contribution in [3.8, 4) is 0 Å². The highest BCUT2D eigenvalue weighted by Gasteiger charge is 2.01. The van der Waals surface area contributed by atoms with Crippen LogP contribution in [0.15, 0.2) is 42.6 Å². The first-order chi connectivity index (χ1) is 8.40. The SMILES string of the molecule is COCCNc1ccn(C2=CC=CCC=C2)n1. The Balaban J connectivity index is 2.02. The van der Waals surface area contributed by atoms with E-state index in [0.717, 1.165) is 24.5 Å². The van der Waals surface area contributed by atoms with E-state index in [0.29, 0.717) is 6.61 Å². The third-order valence-corrected chi connectivity index (χ3v) is 2.43. The number of ether oxygens (including phenoxy) is 1. The number of methoxy groups -OCH3 is 1. The lowest BCUT2D eigenvalue weighted by Gasteiger charge is -2.02. The lowest BCUT2D eigenvalue weighted by molar-refractivity contribution is 0.210. The quantitative estimate of drug-likeness (QED) is 0.790. The highest BCUT2D eigenvalue weighted by molar-refractivity contribution is 5.60. The summed E-state index contributed by atoms with van der Waals surface area (Å²) in [6.07, 6.45) is 13.3. The van der Waals surface area contributed by atoms with Gasteiger partial charge in [0.25, 0.3) is 0 Å². The van der Waals surface area contributed by atoms with E-state index in [1.165, 1.54) is 0 Å². The largest absolute Gasteiger partial charge is 0.383 e. The van der Waals surface area contributed by atoms with Gasteiger partial charge < -0.3 is 10.1 Å². The van der Waals surface area contributed by atoms with Crippen molar-refractivity contribution in [3.63, 3.8) is 0 Å². The molecule has 0 amide bonds. The van der Waals surface area contributed by atoms with Gasteiger partial charge in [0.15, 0.2) is 0 Å². The van der Waals surface area contributed by atoms with E-state index < -0.39 is 0 Å². The Bertz CT molecular complexity index is 443. The van der Waals surface area contributed by atoms with Crippen LogP contribution < -0.4 is 5.32 Å². The Hall–Kier alpha value is -1.81. The minimum Gasteiger partial charge on any atom is -0.383 e. The molecule has 0 saturated heterocycles. The molecule has 1 aliphatic rings. The van der Waals surface area contributed by atoms with Gasteiger partial charge in [-0.25, -0.2) is 4.68 Å². The second-order valence-corrected chi connectivity index (χ2v) is 3.72. The standard InChI is InChI=1S/C13H17N3O/c1-17-11-9-14-13-8-10-16(15-13)12-6-4-2-3-5-7-12/h2,4-8,10H,3,9,11H2,1H3,(H,14,15). The van der Waals surface area contributed by atoms with Gasteiger partial charge in [-0.3, -0.25) is 0 Å². The Morgan fingerprint density at radius 1 is 1.47 bits per heavy atom. The summed E-state index contributed by atoms with van der Waals surface area (Å²) in [6.45, 7) is 1.44. The summed E-state index contributed by atoms with van der Waals surface area (Å²) in [5.41, 5.74) is 1.07. The topological polar surface area (TPSA) is 39.1 Å². The van der Waals surface area contributed by atoms with Crippen molar-refractivity contribution in [2.24, 2.45) is 0 Å². The fourth-order valence-corrected chi connectivity index (χ4v) is 1.56. The molecule has 1 heterocycles. The van der Waals surface area contributed by atoms with Crippen molar-refractivity contribution >= 4 is 11.5 Å². The fraction of sp³-hybridized carbons (Fsp3) is 0.308. The van der Waals surface area contributed by atoms with Crippen LogP contribution in [0.2, 0.25) is 0 Å². The van der Waals surface area contributed by atoms with E-state index >= 15 is 0 Å². The first-order valence-corrected chi connectivity index (χ1v) is 5.72. The summed E-state index contributed by atoms with van der Waals surface area (Å²) < 4.78 is 6.84. The van der Waals surface area contributed by atoms with Crippen molar-refractivity contribution in [2.45, 2.75) is 6.42 Å². The van der Waals surface area contributed by atoms with Crippen molar-refractivity contribution < 1.29 is 4.74 Å². The van der Waals surface area contributed by atoms with E-state index in [1.807, 2.05) is 16.9 Å². The molecule has 0 radical (unpaired) electrons. The zero-order valence-corrected chi connectivity index (χ0v) is 9.97. The number of allylic oxidation sites excluding steroid dienone is 6. The molecule has 4 heteroatoms. The smallest absolute Gasteiger partial charge is 0.148 e. The molecule has 0 aliphatic heterocycles. The minimum absolute atomic E-state index is 0.679. The number of hydrogen-bond donors (Lipinski definition) is 1. The average Bonchev–Trinajstić information content (AvgIpc) is 2.64. The summed E-state index contributed by atoms with van der Waals surface area (Å²) in [4.78, 5) is 0. The van der Waals surface area contributed by atoms with Crippen LogP contribution in [0.25, 0.3) is 5.70 Å². The number of anilines is 1. The molecule has 1 N–H and O–H groups in total. The molecule has 4 nitrogen and oxygen atoms in total. The number of hydrogen-bond acceptors (Lipinski definition) is 3. The van der Waals surface area contributed by atoms with Gasteiger partial charge >= 0.3 is 0 Å². The van der Waals surface area contributed by atoms with Gasteiger partial charge in [0.05, 0.1) is 12.3 Å². The maximum atomic E-state index is 4.97. The van der Waals surface area contributed by atoms with E-state index in [2.05, 4.69) is 40.8 Å². The van der Waals surface area contributed by atoms with E-state index in [9.17, 15) is 0 Å². The maximum Gasteiger partial charge on any atom is 0.148 e. The summed E-state index contributed by atoms with van der Waals surface area (Å²) in [5, 5.41) is 7.64. The second-order valence-electron chi connectivity index (χ2n) is 3.72. The van der Waals surface area contributed by atoms with Gasteiger partial charge in [0.1, 0.15) is 5.82 Å². The van der Waals surface area contributed by atoms with Gasteiger partial charge in [0.2, 0.25) is 0 Å². The van der Waals surface area contributed by atoms with Gasteiger partial charge in [-0.05, 0) is 18.6 Å². The van der Waals surface area contributed by atoms with Crippen LogP contribution in [-0.4, -0.2) is 30.0 Å². The summed E-state index contributed by atoms with van der Waals surface area (Å²) in [5.74, 6) is 0.865. The Kier molecular flexibility index (Phi) is 4.16. The Morgan fingerprint density at radius 2 is 2.41 bits per heavy atom. The van der Waals surface area contributed by atoms with Crippen LogP contribution in [0.5, 0.6) is 0 Å². The second kappa shape index (κ2) is 6.06. The number of aromatic nitrogens is 2.